The Morgan fingerprint density at radius 1 is 1.16 bits per heavy atom. The number of hydrogen-bond acceptors (Lipinski definition) is 4. The maximum Gasteiger partial charge on any atom is 0.241 e. The molecule has 3 rings (SSSR count). The van der Waals surface area contributed by atoms with Crippen molar-refractivity contribution in [1.82, 2.24) is 15.5 Å². The van der Waals surface area contributed by atoms with Gasteiger partial charge in [0, 0.05) is 25.3 Å². The van der Waals surface area contributed by atoms with E-state index in [0.717, 1.165) is 51.0 Å². The molecule has 0 radical (unpaired) electrons. The van der Waals surface area contributed by atoms with E-state index in [1.54, 1.807) is 0 Å². The van der Waals surface area contributed by atoms with Gasteiger partial charge in [-0.05, 0) is 50.3 Å². The number of para-hydroxylation sites is 1. The molecule has 2 saturated heterocycles. The summed E-state index contributed by atoms with van der Waals surface area (Å²) in [5.41, 5.74) is 0.959. The van der Waals surface area contributed by atoms with Crippen molar-refractivity contribution in [3.8, 4) is 0 Å². The highest BCUT2D eigenvalue weighted by atomic mass is 16.2. The third kappa shape index (κ3) is 5.19. The van der Waals surface area contributed by atoms with Crippen LogP contribution >= 0.6 is 0 Å². The van der Waals surface area contributed by atoms with Gasteiger partial charge in [-0.1, -0.05) is 18.2 Å². The molecule has 25 heavy (non-hydrogen) atoms. The minimum absolute atomic E-state index is 0.0311. The van der Waals surface area contributed by atoms with Gasteiger partial charge in [0.2, 0.25) is 11.8 Å². The molecule has 0 aliphatic carbocycles. The van der Waals surface area contributed by atoms with Crippen LogP contribution in [0.2, 0.25) is 0 Å². The normalized spacial score (nSPS) is 23.3. The second-order valence-corrected chi connectivity index (χ2v) is 6.96. The summed E-state index contributed by atoms with van der Waals surface area (Å²) in [7, 11) is 0. The largest absolute Gasteiger partial charge is 0.376 e. The van der Waals surface area contributed by atoms with Crippen molar-refractivity contribution in [3.05, 3.63) is 30.3 Å². The third-order valence-electron chi connectivity index (χ3n) is 5.03. The fourth-order valence-corrected chi connectivity index (χ4v) is 3.58. The first-order chi connectivity index (χ1) is 12.2. The highest BCUT2D eigenvalue weighted by Crippen LogP contribution is 2.16. The van der Waals surface area contributed by atoms with Crippen LogP contribution in [0, 0.1) is 5.92 Å². The van der Waals surface area contributed by atoms with Crippen LogP contribution < -0.4 is 16.0 Å². The van der Waals surface area contributed by atoms with E-state index in [0.29, 0.717) is 19.0 Å². The van der Waals surface area contributed by atoms with Gasteiger partial charge in [0.25, 0.3) is 0 Å². The fraction of sp³-hybridized carbons (Fsp3) is 0.579. The molecule has 2 atom stereocenters. The number of nitrogens with zero attached hydrogens (tertiary/aromatic N) is 1. The summed E-state index contributed by atoms with van der Waals surface area (Å²) in [5.74, 6) is 0.573. The van der Waals surface area contributed by atoms with Crippen molar-refractivity contribution in [3.63, 3.8) is 0 Å². The number of nitrogens with one attached hydrogen (secondary N) is 3. The number of likely N-dealkylation sites (tertiary alicyclic amines) is 1. The zero-order chi connectivity index (χ0) is 17.5. The van der Waals surface area contributed by atoms with Crippen LogP contribution in [0.3, 0.4) is 0 Å². The molecule has 0 aromatic heterocycles. The van der Waals surface area contributed by atoms with E-state index >= 15 is 0 Å². The lowest BCUT2D eigenvalue weighted by molar-refractivity contribution is -0.131. The Morgan fingerprint density at radius 2 is 2.00 bits per heavy atom. The molecule has 2 heterocycles. The molecule has 1 aromatic rings. The van der Waals surface area contributed by atoms with Crippen LogP contribution in [0.1, 0.15) is 25.7 Å². The lowest BCUT2D eigenvalue weighted by Gasteiger charge is -2.33. The molecule has 1 aromatic carbocycles. The van der Waals surface area contributed by atoms with Gasteiger partial charge in [0.1, 0.15) is 0 Å². The Hall–Kier alpha value is -2.08. The number of rotatable bonds is 6. The maximum atomic E-state index is 12.4. The van der Waals surface area contributed by atoms with Gasteiger partial charge >= 0.3 is 0 Å². The van der Waals surface area contributed by atoms with E-state index < -0.39 is 0 Å². The standard InChI is InChI=1S/C19H28N4O2/c24-18(13-21-16-7-2-1-3-8-16)23-11-5-6-15(14-23)12-22-19(25)17-9-4-10-20-17/h1-3,7-8,15,17,20-21H,4-6,9-14H2,(H,22,25). The van der Waals surface area contributed by atoms with Crippen LogP contribution in [0.4, 0.5) is 5.69 Å². The average molecular weight is 344 g/mol. The molecule has 2 aliphatic rings. The molecular weight excluding hydrogens is 316 g/mol. The molecule has 2 unspecified atom stereocenters. The summed E-state index contributed by atoms with van der Waals surface area (Å²) >= 11 is 0. The monoisotopic (exact) mass is 344 g/mol. The predicted molar refractivity (Wildman–Crippen MR) is 98.3 cm³/mol. The van der Waals surface area contributed by atoms with Crippen LogP contribution in [0.15, 0.2) is 30.3 Å². The van der Waals surface area contributed by atoms with E-state index in [1.165, 1.54) is 0 Å². The van der Waals surface area contributed by atoms with Crippen molar-refractivity contribution in [2.24, 2.45) is 5.92 Å². The van der Waals surface area contributed by atoms with Crippen molar-refractivity contribution < 1.29 is 9.59 Å². The molecule has 2 aliphatic heterocycles. The first kappa shape index (κ1) is 17.7. The molecule has 0 saturated carbocycles. The van der Waals surface area contributed by atoms with Crippen molar-refractivity contribution >= 4 is 17.5 Å². The quantitative estimate of drug-likeness (QED) is 0.725. The first-order valence-corrected chi connectivity index (χ1v) is 9.30. The van der Waals surface area contributed by atoms with E-state index in [4.69, 9.17) is 0 Å². The van der Waals surface area contributed by atoms with Gasteiger partial charge in [0.15, 0.2) is 0 Å². The van der Waals surface area contributed by atoms with Crippen molar-refractivity contribution in [2.75, 3.05) is 38.0 Å². The van der Waals surface area contributed by atoms with Crippen molar-refractivity contribution in [1.29, 1.82) is 0 Å². The number of amides is 2. The number of carbonyl (C=O) groups is 2. The van der Waals surface area contributed by atoms with Gasteiger partial charge in [-0.15, -0.1) is 0 Å². The number of carbonyl (C=O) groups excluding carboxylic acids is 2. The Bertz CT molecular complexity index is 572. The van der Waals surface area contributed by atoms with Crippen LogP contribution in [0.5, 0.6) is 0 Å². The third-order valence-corrected chi connectivity index (χ3v) is 5.03. The summed E-state index contributed by atoms with van der Waals surface area (Å²) in [4.78, 5) is 26.4. The van der Waals surface area contributed by atoms with E-state index in [-0.39, 0.29) is 17.9 Å². The smallest absolute Gasteiger partial charge is 0.241 e. The van der Waals surface area contributed by atoms with Crippen LogP contribution in [-0.4, -0.2) is 55.5 Å². The molecule has 6 heteroatoms. The van der Waals surface area contributed by atoms with Gasteiger partial charge in [-0.25, -0.2) is 0 Å². The zero-order valence-corrected chi connectivity index (χ0v) is 14.7. The molecule has 136 valence electrons. The molecular formula is C19H28N4O2. The minimum Gasteiger partial charge on any atom is -0.376 e. The lowest BCUT2D eigenvalue weighted by atomic mass is 9.97. The van der Waals surface area contributed by atoms with E-state index in [2.05, 4.69) is 16.0 Å². The highest BCUT2D eigenvalue weighted by Gasteiger charge is 2.26. The summed E-state index contributed by atoms with van der Waals surface area (Å²) in [6.07, 6.45) is 4.05. The van der Waals surface area contributed by atoms with Gasteiger partial charge in [-0.2, -0.15) is 0 Å². The molecule has 2 amide bonds. The van der Waals surface area contributed by atoms with Gasteiger partial charge < -0.3 is 20.9 Å². The first-order valence-electron chi connectivity index (χ1n) is 9.30. The minimum atomic E-state index is -0.0311. The highest BCUT2D eigenvalue weighted by molar-refractivity contribution is 5.82. The second-order valence-electron chi connectivity index (χ2n) is 6.96. The second kappa shape index (κ2) is 8.85. The van der Waals surface area contributed by atoms with Crippen LogP contribution in [-0.2, 0) is 9.59 Å². The topological polar surface area (TPSA) is 73.5 Å². The summed E-state index contributed by atoms with van der Waals surface area (Å²) in [5, 5.41) is 9.45. The summed E-state index contributed by atoms with van der Waals surface area (Å²) < 4.78 is 0. The SMILES string of the molecule is O=C(NCC1CCCN(C(=O)CNc2ccccc2)C1)C1CCCN1. The van der Waals surface area contributed by atoms with Gasteiger partial charge in [-0.3, -0.25) is 9.59 Å². The predicted octanol–water partition coefficient (Wildman–Crippen LogP) is 1.21. The Morgan fingerprint density at radius 3 is 2.76 bits per heavy atom. The van der Waals surface area contributed by atoms with E-state index in [1.807, 2.05) is 35.2 Å². The Labute approximate surface area is 149 Å². The summed E-state index contributed by atoms with van der Waals surface area (Å²) in [6, 6.07) is 9.74. The molecule has 6 nitrogen and oxygen atoms in total. The summed E-state index contributed by atoms with van der Waals surface area (Å²) in [6.45, 7) is 3.44. The molecule has 3 N–H and O–H groups in total. The van der Waals surface area contributed by atoms with Crippen molar-refractivity contribution in [2.45, 2.75) is 31.7 Å². The molecule has 2 fully saturated rings. The molecule has 0 spiro atoms. The fourth-order valence-electron chi connectivity index (χ4n) is 3.58. The van der Waals surface area contributed by atoms with Crippen LogP contribution in [0.25, 0.3) is 0 Å². The Balaban J connectivity index is 1.40. The Kier molecular flexibility index (Phi) is 6.28. The van der Waals surface area contributed by atoms with E-state index in [9.17, 15) is 9.59 Å². The number of hydrogen-bond donors (Lipinski definition) is 3. The lowest BCUT2D eigenvalue weighted by Crippen LogP contribution is -2.47. The average Bonchev–Trinajstić information content (AvgIpc) is 3.20. The maximum absolute atomic E-state index is 12.4. The zero-order valence-electron chi connectivity index (χ0n) is 14.7. The number of anilines is 1. The van der Waals surface area contributed by atoms with Gasteiger partial charge in [0.05, 0.1) is 12.6 Å². The number of piperidine rings is 1. The molecule has 0 bridgehead atoms. The number of benzene rings is 1.